The zero-order valence-electron chi connectivity index (χ0n) is 20.8. The largest absolute Gasteiger partial charge is 0.309 e. The molecule has 166 valence electrons. The number of rotatable bonds is 7. The van der Waals surface area contributed by atoms with Gasteiger partial charge >= 0.3 is 0 Å². The maximum Gasteiger partial charge on any atom is 0.0207 e. The van der Waals surface area contributed by atoms with Crippen LogP contribution in [-0.2, 0) is 0 Å². The summed E-state index contributed by atoms with van der Waals surface area (Å²) in [5.41, 5.74) is 7.95. The topological polar surface area (TPSA) is 12.0 Å². The quantitative estimate of drug-likeness (QED) is 0.273. The van der Waals surface area contributed by atoms with Gasteiger partial charge < -0.3 is 5.32 Å². The van der Waals surface area contributed by atoms with Gasteiger partial charge in [-0.05, 0) is 63.8 Å². The Kier molecular flexibility index (Phi) is 19.9. The van der Waals surface area contributed by atoms with Gasteiger partial charge in [0.05, 0.1) is 0 Å². The molecule has 1 saturated carbocycles. The van der Waals surface area contributed by atoms with Gasteiger partial charge in [-0.15, -0.1) is 12.8 Å². The zero-order chi connectivity index (χ0) is 23.4. The van der Waals surface area contributed by atoms with Crippen LogP contribution in [0.2, 0.25) is 0 Å². The van der Waals surface area contributed by atoms with Crippen molar-refractivity contribution in [2.24, 2.45) is 0 Å². The van der Waals surface area contributed by atoms with Crippen LogP contribution >= 0.6 is 0 Å². The molecule has 1 aliphatic rings. The predicted molar refractivity (Wildman–Crippen MR) is 140 cm³/mol. The third-order valence-electron chi connectivity index (χ3n) is 4.25. The Labute approximate surface area is 188 Å². The Morgan fingerprint density at radius 1 is 1.00 bits per heavy atom. The van der Waals surface area contributed by atoms with Gasteiger partial charge in [0.15, 0.2) is 0 Å². The number of terminal acetylenes is 1. The highest BCUT2D eigenvalue weighted by Crippen LogP contribution is 2.21. The lowest BCUT2D eigenvalue weighted by Gasteiger charge is -2.09. The van der Waals surface area contributed by atoms with E-state index >= 15 is 0 Å². The summed E-state index contributed by atoms with van der Waals surface area (Å²) in [6.45, 7) is 18.6. The van der Waals surface area contributed by atoms with Crippen LogP contribution in [0.4, 0.5) is 0 Å². The number of benzene rings is 1. The van der Waals surface area contributed by atoms with E-state index in [2.05, 4.69) is 108 Å². The van der Waals surface area contributed by atoms with Crippen molar-refractivity contribution in [2.75, 3.05) is 13.1 Å². The van der Waals surface area contributed by atoms with Crippen LogP contribution in [0.5, 0.6) is 0 Å². The van der Waals surface area contributed by atoms with E-state index in [1.165, 1.54) is 52.7 Å². The first-order valence-corrected chi connectivity index (χ1v) is 11.2. The highest BCUT2D eigenvalue weighted by atomic mass is 14.8. The van der Waals surface area contributed by atoms with Crippen molar-refractivity contribution in [3.63, 3.8) is 0 Å². The Bertz CT molecular complexity index is 702. The maximum absolute atomic E-state index is 4.00. The van der Waals surface area contributed by atoms with Crippen LogP contribution in [0, 0.1) is 26.7 Å². The molecule has 1 fully saturated rings. The average Bonchev–Trinajstić information content (AvgIpc) is 3.64. The van der Waals surface area contributed by atoms with Gasteiger partial charge in [0.2, 0.25) is 0 Å². The molecule has 0 aliphatic heterocycles. The molecule has 0 unspecified atom stereocenters. The van der Waals surface area contributed by atoms with Crippen molar-refractivity contribution in [1.82, 2.24) is 5.32 Å². The van der Waals surface area contributed by atoms with E-state index in [0.29, 0.717) is 0 Å². The summed E-state index contributed by atoms with van der Waals surface area (Å²) < 4.78 is 0. The molecule has 0 heterocycles. The van der Waals surface area contributed by atoms with Crippen LogP contribution < -0.4 is 5.32 Å². The highest BCUT2D eigenvalue weighted by molar-refractivity contribution is 5.76. The van der Waals surface area contributed by atoms with Crippen LogP contribution in [0.25, 0.3) is 5.57 Å². The Balaban J connectivity index is 0. The van der Waals surface area contributed by atoms with E-state index in [1.807, 2.05) is 13.8 Å². The number of hydrogen-bond donors (Lipinski definition) is 1. The van der Waals surface area contributed by atoms with E-state index in [9.17, 15) is 0 Å². The van der Waals surface area contributed by atoms with E-state index < -0.39 is 0 Å². The summed E-state index contributed by atoms with van der Waals surface area (Å²) in [6.07, 6.45) is 23.4. The number of aryl methyl sites for hydroxylation is 2. The van der Waals surface area contributed by atoms with E-state index in [0.717, 1.165) is 13.1 Å². The molecule has 0 radical (unpaired) electrons. The fraction of sp³-hybridized carbons (Fsp3) is 0.448. The van der Waals surface area contributed by atoms with Crippen molar-refractivity contribution in [2.45, 2.75) is 74.7 Å². The molecule has 1 nitrogen and oxygen atoms in total. The molecule has 30 heavy (non-hydrogen) atoms. The molecule has 0 spiro atoms. The first-order chi connectivity index (χ1) is 14.5. The molecule has 0 aromatic heterocycles. The Morgan fingerprint density at radius 2 is 1.60 bits per heavy atom. The van der Waals surface area contributed by atoms with Crippen LogP contribution in [0.1, 0.15) is 77.5 Å². The van der Waals surface area contributed by atoms with Gasteiger partial charge in [-0.25, -0.2) is 0 Å². The fourth-order valence-corrected chi connectivity index (χ4v) is 2.47. The molecule has 0 saturated heterocycles. The Hall–Kier alpha value is -2.30. The van der Waals surface area contributed by atoms with Crippen molar-refractivity contribution >= 4 is 5.57 Å². The van der Waals surface area contributed by atoms with Crippen molar-refractivity contribution in [1.29, 1.82) is 0 Å². The average molecular weight is 408 g/mol. The lowest BCUT2D eigenvalue weighted by atomic mass is 9.98. The minimum Gasteiger partial charge on any atom is -0.309 e. The standard InChI is InChI=1S/C22H31N.C3H6.C2H6.C2H2/c1-7-10-21(17(3)4)16-23-14-9-11-20(8-2)22-15-18(5)12-13-19(22)6;1-2-3-1;2*1-2/h7-13,15,23H,14,16H2,1-6H3;1-3H2;1-2H3;1-2H/b10-7-,11-9-,20-8+;;;. The lowest BCUT2D eigenvalue weighted by Crippen LogP contribution is -2.16. The SMILES string of the molecule is C#C.C/C=C\C(CNC/C=C\C(=C/C)c1cc(C)ccc1C)=C(C)C.C1CC1.CC. The van der Waals surface area contributed by atoms with E-state index in [4.69, 9.17) is 0 Å². The molecule has 1 N–H and O–H groups in total. The predicted octanol–water partition coefficient (Wildman–Crippen LogP) is 8.21. The number of allylic oxidation sites excluding steroid dienone is 5. The monoisotopic (exact) mass is 407 g/mol. The maximum atomic E-state index is 4.00. The van der Waals surface area contributed by atoms with Gasteiger partial charge in [-0.3, -0.25) is 0 Å². The summed E-state index contributed by atoms with van der Waals surface area (Å²) in [6, 6.07) is 6.62. The molecule has 1 heteroatoms. The van der Waals surface area contributed by atoms with Crippen LogP contribution in [-0.4, -0.2) is 13.1 Å². The van der Waals surface area contributed by atoms with Crippen LogP contribution in [0.15, 0.2) is 59.7 Å². The number of hydrogen-bond acceptors (Lipinski definition) is 1. The van der Waals surface area contributed by atoms with Crippen LogP contribution in [0.3, 0.4) is 0 Å². The molecule has 0 atom stereocenters. The summed E-state index contributed by atoms with van der Waals surface area (Å²) in [4.78, 5) is 0. The minimum atomic E-state index is 0.872. The molecule has 0 amide bonds. The number of nitrogens with one attached hydrogen (secondary N) is 1. The second kappa shape index (κ2) is 20.0. The van der Waals surface area contributed by atoms with Gasteiger partial charge in [0, 0.05) is 13.1 Å². The van der Waals surface area contributed by atoms with Crippen molar-refractivity contribution in [3.8, 4) is 12.8 Å². The lowest BCUT2D eigenvalue weighted by molar-refractivity contribution is 0.819. The smallest absolute Gasteiger partial charge is 0.0207 e. The highest BCUT2D eigenvalue weighted by Gasteiger charge is 2.01. The van der Waals surface area contributed by atoms with Gasteiger partial charge in [0.25, 0.3) is 0 Å². The molecule has 1 aromatic rings. The molecule has 1 aliphatic carbocycles. The third-order valence-corrected chi connectivity index (χ3v) is 4.25. The third kappa shape index (κ3) is 14.7. The molecule has 2 rings (SSSR count). The molecule has 0 bridgehead atoms. The molecular weight excluding hydrogens is 362 g/mol. The summed E-state index contributed by atoms with van der Waals surface area (Å²) in [7, 11) is 0. The zero-order valence-corrected chi connectivity index (χ0v) is 20.8. The second-order valence-electron chi connectivity index (χ2n) is 7.18. The first-order valence-electron chi connectivity index (χ1n) is 11.2. The fourth-order valence-electron chi connectivity index (χ4n) is 2.47. The van der Waals surface area contributed by atoms with Gasteiger partial charge in [-0.1, -0.05) is 92.8 Å². The van der Waals surface area contributed by atoms with Crippen molar-refractivity contribution in [3.05, 3.63) is 76.4 Å². The van der Waals surface area contributed by atoms with Gasteiger partial charge in [0.1, 0.15) is 0 Å². The molecule has 1 aromatic carbocycles. The van der Waals surface area contributed by atoms with E-state index in [1.54, 1.807) is 0 Å². The summed E-state index contributed by atoms with van der Waals surface area (Å²) >= 11 is 0. The minimum absolute atomic E-state index is 0.872. The molecular formula is C29H45N. The normalized spacial score (nSPS) is 12.1. The first kappa shape index (κ1) is 29.9. The van der Waals surface area contributed by atoms with E-state index in [-0.39, 0.29) is 0 Å². The Morgan fingerprint density at radius 3 is 2.07 bits per heavy atom. The van der Waals surface area contributed by atoms with Crippen molar-refractivity contribution < 1.29 is 0 Å². The summed E-state index contributed by atoms with van der Waals surface area (Å²) in [5.74, 6) is 0. The summed E-state index contributed by atoms with van der Waals surface area (Å²) in [5, 5.41) is 3.49. The second-order valence-corrected chi connectivity index (χ2v) is 7.18. The van der Waals surface area contributed by atoms with Gasteiger partial charge in [-0.2, -0.15) is 0 Å².